The molecule has 7 heteroatoms. The van der Waals surface area contributed by atoms with Crippen LogP contribution < -0.4 is 16.7 Å². The first kappa shape index (κ1) is 16.3. The quantitative estimate of drug-likeness (QED) is 0.254. The number of nitrogens with two attached hydrogens (primary N) is 2. The Morgan fingerprint density at radius 3 is 2.64 bits per heavy atom. The third-order valence-corrected chi connectivity index (χ3v) is 3.68. The number of hydrogen-bond donors (Lipinski definition) is 3. The number of rotatable bonds is 5. The number of hydrogen-bond acceptors (Lipinski definition) is 5. The number of nitrogens with one attached hydrogen (secondary N) is 1. The molecule has 0 radical (unpaired) electrons. The molecule has 1 aromatic rings. The van der Waals surface area contributed by atoms with Crippen molar-refractivity contribution in [3.63, 3.8) is 0 Å². The van der Waals surface area contributed by atoms with Gasteiger partial charge in [0, 0.05) is 19.0 Å². The number of ether oxygens (including phenoxy) is 1. The molecule has 0 bridgehead atoms. The summed E-state index contributed by atoms with van der Waals surface area (Å²) in [6, 6.07) is 5.16. The van der Waals surface area contributed by atoms with Gasteiger partial charge in [0.05, 0.1) is 5.69 Å². The molecule has 0 heterocycles. The van der Waals surface area contributed by atoms with Crippen LogP contribution in [0.4, 0.5) is 10.5 Å². The van der Waals surface area contributed by atoms with Gasteiger partial charge in [0.2, 0.25) is 0 Å². The summed E-state index contributed by atoms with van der Waals surface area (Å²) < 4.78 is 5.47. The monoisotopic (exact) mass is 305 g/mol. The Bertz CT molecular complexity index is 569. The lowest BCUT2D eigenvalue weighted by molar-refractivity contribution is 0.216. The van der Waals surface area contributed by atoms with E-state index >= 15 is 0 Å². The van der Waals surface area contributed by atoms with E-state index in [0.29, 0.717) is 18.0 Å². The van der Waals surface area contributed by atoms with Crippen LogP contribution in [0.1, 0.15) is 43.2 Å². The zero-order chi connectivity index (χ0) is 16.3. The molecule has 0 saturated heterocycles. The second kappa shape index (κ2) is 6.76. The van der Waals surface area contributed by atoms with Crippen LogP contribution in [0.15, 0.2) is 18.2 Å². The predicted octanol–water partition coefficient (Wildman–Crippen LogP) is 2.07. The fourth-order valence-electron chi connectivity index (χ4n) is 2.29. The van der Waals surface area contributed by atoms with Crippen molar-refractivity contribution in [3.05, 3.63) is 29.3 Å². The molecule has 1 aromatic carbocycles. The zero-order valence-corrected chi connectivity index (χ0v) is 13.0. The molecule has 0 unspecified atom stereocenters. The van der Waals surface area contributed by atoms with Gasteiger partial charge in [0.15, 0.2) is 5.90 Å². The largest absolute Gasteiger partial charge is 0.476 e. The van der Waals surface area contributed by atoms with Crippen LogP contribution in [0.5, 0.6) is 0 Å². The Labute approximate surface area is 130 Å². The van der Waals surface area contributed by atoms with Gasteiger partial charge in [0.1, 0.15) is 6.61 Å². The molecule has 2 amide bonds. The number of amides is 2. The average molecular weight is 305 g/mol. The van der Waals surface area contributed by atoms with Gasteiger partial charge < -0.3 is 4.74 Å². The highest BCUT2D eigenvalue weighted by atomic mass is 16.5. The van der Waals surface area contributed by atoms with Gasteiger partial charge in [-0.25, -0.2) is 21.5 Å². The summed E-state index contributed by atoms with van der Waals surface area (Å²) in [6.07, 6.45) is 2.77. The molecule has 5 N–H and O–H groups in total. The molecule has 0 atom stereocenters. The van der Waals surface area contributed by atoms with Crippen molar-refractivity contribution >= 4 is 17.6 Å². The molecule has 0 spiro atoms. The van der Waals surface area contributed by atoms with Crippen LogP contribution in [0.3, 0.4) is 0 Å². The lowest BCUT2D eigenvalue weighted by atomic mass is 10.0. The molecule has 1 saturated carbocycles. The van der Waals surface area contributed by atoms with Crippen LogP contribution in [0.2, 0.25) is 0 Å². The van der Waals surface area contributed by atoms with E-state index in [0.717, 1.165) is 34.0 Å². The van der Waals surface area contributed by atoms with Gasteiger partial charge in [-0.15, -0.1) is 0 Å². The molecule has 22 heavy (non-hydrogen) atoms. The third kappa shape index (κ3) is 3.55. The Morgan fingerprint density at radius 1 is 1.41 bits per heavy atom. The third-order valence-electron chi connectivity index (χ3n) is 3.68. The minimum Gasteiger partial charge on any atom is -0.476 e. The van der Waals surface area contributed by atoms with Crippen molar-refractivity contribution in [2.75, 3.05) is 12.1 Å². The lowest BCUT2D eigenvalue weighted by Crippen LogP contribution is -2.49. The van der Waals surface area contributed by atoms with Gasteiger partial charge in [0.25, 0.3) is 0 Å². The number of urea groups is 1. The van der Waals surface area contributed by atoms with Gasteiger partial charge in [-0.2, -0.15) is 0 Å². The smallest absolute Gasteiger partial charge is 0.352 e. The fraction of sp³-hybridized carbons (Fsp3) is 0.467. The van der Waals surface area contributed by atoms with Gasteiger partial charge in [-0.1, -0.05) is 19.1 Å². The van der Waals surface area contributed by atoms with E-state index in [4.69, 9.17) is 21.8 Å². The number of anilines is 1. The Morgan fingerprint density at radius 2 is 2.09 bits per heavy atom. The van der Waals surface area contributed by atoms with Crippen molar-refractivity contribution in [2.24, 2.45) is 11.7 Å². The molecular formula is C15H23N5O2. The molecule has 1 aliphatic rings. The van der Waals surface area contributed by atoms with E-state index < -0.39 is 6.03 Å². The van der Waals surface area contributed by atoms with E-state index in [2.05, 4.69) is 0 Å². The summed E-state index contributed by atoms with van der Waals surface area (Å²) in [7, 11) is 1.44. The molecule has 0 aromatic heterocycles. The van der Waals surface area contributed by atoms with Crippen molar-refractivity contribution in [1.82, 2.24) is 5.01 Å². The van der Waals surface area contributed by atoms with Crippen molar-refractivity contribution in [2.45, 2.75) is 38.7 Å². The average Bonchev–Trinajstić information content (AvgIpc) is 3.35. The molecule has 1 fully saturated rings. The molecule has 1 aliphatic carbocycles. The molecular weight excluding hydrogens is 282 g/mol. The lowest BCUT2D eigenvalue weighted by Gasteiger charge is -2.24. The zero-order valence-electron chi connectivity index (χ0n) is 13.0. The maximum atomic E-state index is 12.0. The molecule has 0 aliphatic heterocycles. The minimum absolute atomic E-state index is 0.211. The van der Waals surface area contributed by atoms with Crippen LogP contribution >= 0.6 is 0 Å². The fourth-order valence-corrected chi connectivity index (χ4v) is 2.29. The highest BCUT2D eigenvalue weighted by molar-refractivity contribution is 5.91. The summed E-state index contributed by atoms with van der Waals surface area (Å²) in [5.41, 5.74) is 2.54. The summed E-state index contributed by atoms with van der Waals surface area (Å²) in [5.74, 6) is 12.1. The number of hydrazine groups is 2. The highest BCUT2D eigenvalue weighted by Gasteiger charge is 2.29. The van der Waals surface area contributed by atoms with E-state index in [1.807, 2.05) is 19.1 Å². The molecule has 120 valence electrons. The Balaban J connectivity index is 2.33. The second-order valence-electron chi connectivity index (χ2n) is 5.45. The van der Waals surface area contributed by atoms with Gasteiger partial charge in [-0.05, 0) is 30.4 Å². The normalized spacial score (nSPS) is 13.6. The van der Waals surface area contributed by atoms with Crippen molar-refractivity contribution in [1.29, 1.82) is 5.41 Å². The highest BCUT2D eigenvalue weighted by Crippen LogP contribution is 2.43. The summed E-state index contributed by atoms with van der Waals surface area (Å²) in [5, 5.41) is 9.61. The predicted molar refractivity (Wildman–Crippen MR) is 85.2 cm³/mol. The van der Waals surface area contributed by atoms with E-state index in [-0.39, 0.29) is 12.5 Å². The van der Waals surface area contributed by atoms with Gasteiger partial charge >= 0.3 is 6.03 Å². The SMILES string of the molecule is CCC(=N)OCc1c(C2CC2)cccc1N(N)C(=O)N(C)N. The Hall–Kier alpha value is -2.12. The van der Waals surface area contributed by atoms with E-state index in [9.17, 15) is 4.79 Å². The van der Waals surface area contributed by atoms with Gasteiger partial charge in [-0.3, -0.25) is 10.4 Å². The minimum atomic E-state index is -0.514. The van der Waals surface area contributed by atoms with Crippen molar-refractivity contribution < 1.29 is 9.53 Å². The second-order valence-corrected chi connectivity index (χ2v) is 5.45. The van der Waals surface area contributed by atoms with E-state index in [1.165, 1.54) is 7.05 Å². The van der Waals surface area contributed by atoms with Crippen LogP contribution in [0, 0.1) is 5.41 Å². The summed E-state index contributed by atoms with van der Waals surface area (Å²) in [4.78, 5) is 12.0. The Kier molecular flexibility index (Phi) is 4.99. The van der Waals surface area contributed by atoms with Crippen LogP contribution in [0.25, 0.3) is 0 Å². The maximum absolute atomic E-state index is 12.0. The molecule has 2 rings (SSSR count). The number of benzene rings is 1. The van der Waals surface area contributed by atoms with Crippen molar-refractivity contribution in [3.8, 4) is 0 Å². The van der Waals surface area contributed by atoms with Crippen LogP contribution in [-0.2, 0) is 11.3 Å². The first-order valence-corrected chi connectivity index (χ1v) is 7.34. The first-order valence-electron chi connectivity index (χ1n) is 7.34. The number of carbonyl (C=O) groups is 1. The topological polar surface area (TPSA) is 109 Å². The first-order chi connectivity index (χ1) is 10.5. The molecule has 7 nitrogen and oxygen atoms in total. The van der Waals surface area contributed by atoms with E-state index in [1.54, 1.807) is 6.07 Å². The standard InChI is InChI=1S/C15H23N5O2/c1-3-14(16)22-9-12-11(10-7-8-10)5-4-6-13(12)20(18)15(21)19(2)17/h4-6,10,16H,3,7-9,17-18H2,1-2H3. The maximum Gasteiger partial charge on any atom is 0.352 e. The summed E-state index contributed by atoms with van der Waals surface area (Å²) >= 11 is 0. The summed E-state index contributed by atoms with van der Waals surface area (Å²) in [6.45, 7) is 2.09. The van der Waals surface area contributed by atoms with Crippen LogP contribution in [-0.4, -0.2) is 24.0 Å². The number of nitrogens with zero attached hydrogens (tertiary/aromatic N) is 2. The number of carbonyl (C=O) groups excluding carboxylic acids is 1.